The molecule has 0 saturated heterocycles. The lowest BCUT2D eigenvalue weighted by Gasteiger charge is -2.18. The van der Waals surface area contributed by atoms with Crippen LogP contribution in [-0.2, 0) is 0 Å². The zero-order valence-corrected chi connectivity index (χ0v) is 13.0. The van der Waals surface area contributed by atoms with Crippen molar-refractivity contribution in [2.75, 3.05) is 12.3 Å². The van der Waals surface area contributed by atoms with Crippen molar-refractivity contribution in [1.82, 2.24) is 5.32 Å². The van der Waals surface area contributed by atoms with Gasteiger partial charge in [0, 0.05) is 27.6 Å². The summed E-state index contributed by atoms with van der Waals surface area (Å²) in [6.07, 6.45) is -4.68. The summed E-state index contributed by atoms with van der Waals surface area (Å²) in [6, 6.07) is 7.67. The monoisotopic (exact) mass is 355 g/mol. The van der Waals surface area contributed by atoms with Crippen molar-refractivity contribution in [2.45, 2.75) is 36.9 Å². The molecule has 0 heterocycles. The van der Waals surface area contributed by atoms with Crippen LogP contribution in [0.2, 0.25) is 0 Å². The predicted molar refractivity (Wildman–Crippen MR) is 77.6 cm³/mol. The third-order valence-electron chi connectivity index (χ3n) is 2.53. The van der Waals surface area contributed by atoms with E-state index in [2.05, 4.69) is 21.2 Å². The standard InChI is InChI=1S/C13H17BrF3NS/c1-2-18-11(7-8-13(15,16)17)9-19-12-5-3-10(14)4-6-12/h3-6,11,18H,2,7-9H2,1H3. The smallest absolute Gasteiger partial charge is 0.313 e. The Morgan fingerprint density at radius 1 is 1.26 bits per heavy atom. The van der Waals surface area contributed by atoms with Crippen LogP contribution in [0, 0.1) is 0 Å². The Balaban J connectivity index is 2.42. The summed E-state index contributed by atoms with van der Waals surface area (Å²) < 4.78 is 37.7. The van der Waals surface area contributed by atoms with Gasteiger partial charge in [0.05, 0.1) is 0 Å². The highest BCUT2D eigenvalue weighted by Crippen LogP contribution is 2.25. The number of hydrogen-bond acceptors (Lipinski definition) is 2. The van der Waals surface area contributed by atoms with Crippen LogP contribution in [0.15, 0.2) is 33.6 Å². The highest BCUT2D eigenvalue weighted by atomic mass is 79.9. The molecule has 0 radical (unpaired) electrons. The van der Waals surface area contributed by atoms with Crippen molar-refractivity contribution in [3.8, 4) is 0 Å². The Hall–Kier alpha value is -0.200. The first kappa shape index (κ1) is 16.9. The van der Waals surface area contributed by atoms with Crippen LogP contribution in [0.5, 0.6) is 0 Å². The van der Waals surface area contributed by atoms with Crippen LogP contribution in [0.4, 0.5) is 13.2 Å². The zero-order valence-electron chi connectivity index (χ0n) is 10.6. The molecule has 0 aliphatic rings. The maximum absolute atomic E-state index is 12.2. The van der Waals surface area contributed by atoms with Gasteiger partial charge in [-0.3, -0.25) is 0 Å². The van der Waals surface area contributed by atoms with Gasteiger partial charge >= 0.3 is 6.18 Å². The number of nitrogens with one attached hydrogen (secondary N) is 1. The second kappa shape index (κ2) is 8.17. The number of benzene rings is 1. The second-order valence-electron chi connectivity index (χ2n) is 4.17. The molecule has 1 nitrogen and oxygen atoms in total. The van der Waals surface area contributed by atoms with E-state index in [1.165, 1.54) is 0 Å². The fourth-order valence-electron chi connectivity index (χ4n) is 1.60. The largest absolute Gasteiger partial charge is 0.389 e. The molecule has 0 bridgehead atoms. The average molecular weight is 356 g/mol. The van der Waals surface area contributed by atoms with Crippen molar-refractivity contribution in [3.63, 3.8) is 0 Å². The summed E-state index contributed by atoms with van der Waals surface area (Å²) in [4.78, 5) is 1.07. The van der Waals surface area contributed by atoms with Crippen LogP contribution < -0.4 is 5.32 Å². The van der Waals surface area contributed by atoms with Gasteiger partial charge in [-0.1, -0.05) is 22.9 Å². The maximum atomic E-state index is 12.2. The van der Waals surface area contributed by atoms with Gasteiger partial charge in [0.15, 0.2) is 0 Å². The van der Waals surface area contributed by atoms with Gasteiger partial charge in [-0.2, -0.15) is 13.2 Å². The molecule has 1 rings (SSSR count). The molecule has 6 heteroatoms. The van der Waals surface area contributed by atoms with Gasteiger partial charge in [-0.25, -0.2) is 0 Å². The minimum absolute atomic E-state index is 0.111. The molecule has 0 aliphatic carbocycles. The van der Waals surface area contributed by atoms with Crippen LogP contribution >= 0.6 is 27.7 Å². The van der Waals surface area contributed by atoms with E-state index in [4.69, 9.17) is 0 Å². The Bertz CT molecular complexity index is 367. The molecule has 1 atom stereocenters. The molecule has 0 saturated carbocycles. The minimum atomic E-state index is -4.07. The van der Waals surface area contributed by atoms with Crippen molar-refractivity contribution in [1.29, 1.82) is 0 Å². The second-order valence-corrected chi connectivity index (χ2v) is 6.18. The highest BCUT2D eigenvalue weighted by Gasteiger charge is 2.28. The third-order valence-corrected chi connectivity index (χ3v) is 4.24. The maximum Gasteiger partial charge on any atom is 0.389 e. The Morgan fingerprint density at radius 3 is 2.42 bits per heavy atom. The molecule has 0 aromatic heterocycles. The van der Waals surface area contributed by atoms with Crippen LogP contribution in [-0.4, -0.2) is 24.5 Å². The number of alkyl halides is 3. The average Bonchev–Trinajstić information content (AvgIpc) is 2.34. The summed E-state index contributed by atoms with van der Waals surface area (Å²) >= 11 is 4.93. The molecule has 1 N–H and O–H groups in total. The Kier molecular flexibility index (Phi) is 7.25. The quantitative estimate of drug-likeness (QED) is 0.700. The first-order valence-corrected chi connectivity index (χ1v) is 7.87. The molecule has 1 unspecified atom stereocenters. The zero-order chi connectivity index (χ0) is 14.3. The van der Waals surface area contributed by atoms with E-state index < -0.39 is 12.6 Å². The van der Waals surface area contributed by atoms with Crippen molar-refractivity contribution < 1.29 is 13.2 Å². The Morgan fingerprint density at radius 2 is 1.89 bits per heavy atom. The molecule has 1 aromatic carbocycles. The van der Waals surface area contributed by atoms with Crippen LogP contribution in [0.1, 0.15) is 19.8 Å². The SMILES string of the molecule is CCNC(CCC(F)(F)F)CSc1ccc(Br)cc1. The lowest BCUT2D eigenvalue weighted by molar-refractivity contribution is -0.136. The molecule has 19 heavy (non-hydrogen) atoms. The topological polar surface area (TPSA) is 12.0 Å². The van der Waals surface area contributed by atoms with Gasteiger partial charge in [0.2, 0.25) is 0 Å². The molecule has 108 valence electrons. The van der Waals surface area contributed by atoms with Gasteiger partial charge in [0.25, 0.3) is 0 Å². The third kappa shape index (κ3) is 7.84. The lowest BCUT2D eigenvalue weighted by Crippen LogP contribution is -2.32. The minimum Gasteiger partial charge on any atom is -0.313 e. The Labute approximate surface area is 124 Å². The number of halogens is 4. The van der Waals surface area contributed by atoms with Gasteiger partial charge in [0.1, 0.15) is 0 Å². The van der Waals surface area contributed by atoms with E-state index in [9.17, 15) is 13.2 Å². The predicted octanol–water partition coefficient (Wildman–Crippen LogP) is 4.86. The van der Waals surface area contributed by atoms with E-state index in [1.807, 2.05) is 31.2 Å². The highest BCUT2D eigenvalue weighted by molar-refractivity contribution is 9.10. The van der Waals surface area contributed by atoms with E-state index in [1.54, 1.807) is 11.8 Å². The molecular formula is C13H17BrF3NS. The summed E-state index contributed by atoms with van der Waals surface area (Å²) in [7, 11) is 0. The van der Waals surface area contributed by atoms with Gasteiger partial charge in [-0.15, -0.1) is 11.8 Å². The number of thioether (sulfide) groups is 1. The van der Waals surface area contributed by atoms with Crippen molar-refractivity contribution in [2.24, 2.45) is 0 Å². The first-order valence-electron chi connectivity index (χ1n) is 6.09. The first-order chi connectivity index (χ1) is 8.90. The molecular weight excluding hydrogens is 339 g/mol. The summed E-state index contributed by atoms with van der Waals surface area (Å²) in [5.41, 5.74) is 0. The van der Waals surface area contributed by atoms with Crippen LogP contribution in [0.3, 0.4) is 0 Å². The van der Waals surface area contributed by atoms with E-state index >= 15 is 0 Å². The van der Waals surface area contributed by atoms with E-state index in [0.717, 1.165) is 9.37 Å². The summed E-state index contributed by atoms with van der Waals surface area (Å²) in [5.74, 6) is 0.644. The van der Waals surface area contributed by atoms with Crippen molar-refractivity contribution >= 4 is 27.7 Å². The van der Waals surface area contributed by atoms with E-state index in [-0.39, 0.29) is 12.5 Å². The normalized spacial score (nSPS) is 13.5. The fourth-order valence-corrected chi connectivity index (χ4v) is 2.87. The molecule has 0 aliphatic heterocycles. The van der Waals surface area contributed by atoms with Crippen LogP contribution in [0.25, 0.3) is 0 Å². The van der Waals surface area contributed by atoms with E-state index in [0.29, 0.717) is 12.3 Å². The molecule has 0 spiro atoms. The summed E-state index contributed by atoms with van der Waals surface area (Å²) in [6.45, 7) is 2.59. The lowest BCUT2D eigenvalue weighted by atomic mass is 10.2. The molecule has 1 aromatic rings. The molecule has 0 fully saturated rings. The van der Waals surface area contributed by atoms with Gasteiger partial charge in [-0.05, 0) is 37.2 Å². The number of hydrogen-bond donors (Lipinski definition) is 1. The summed E-state index contributed by atoms with van der Waals surface area (Å²) in [5, 5.41) is 3.11. The van der Waals surface area contributed by atoms with Gasteiger partial charge < -0.3 is 5.32 Å². The number of rotatable bonds is 7. The van der Waals surface area contributed by atoms with Crippen molar-refractivity contribution in [3.05, 3.63) is 28.7 Å². The molecule has 0 amide bonds. The fraction of sp³-hybridized carbons (Fsp3) is 0.538.